The number of rotatable bonds is 8. The van der Waals surface area contributed by atoms with Gasteiger partial charge in [-0.15, -0.1) is 0 Å². The number of nitrogens with zero attached hydrogens (tertiary/aromatic N) is 1. The van der Waals surface area contributed by atoms with Crippen molar-refractivity contribution in [3.05, 3.63) is 23.3 Å². The van der Waals surface area contributed by atoms with Gasteiger partial charge in [0.1, 0.15) is 18.0 Å². The van der Waals surface area contributed by atoms with Crippen molar-refractivity contribution in [1.29, 1.82) is 0 Å². The summed E-state index contributed by atoms with van der Waals surface area (Å²) in [6.45, 7) is 9.67. The molecule has 8 heteroatoms. The summed E-state index contributed by atoms with van der Waals surface area (Å²) in [5.74, 6) is 0.231. The van der Waals surface area contributed by atoms with Crippen molar-refractivity contribution >= 4 is 16.0 Å². The highest BCUT2D eigenvalue weighted by Crippen LogP contribution is 2.32. The SMILES string of the molecule is COc1cc(C)c(S(=O)(=O)N2CCCC[C@H]2CCOCC(=O)OC(C)(C)C)c(C)c1. The second-order valence-electron chi connectivity index (χ2n) is 8.78. The molecule has 0 amide bonds. The number of carbonyl (C=O) groups is 1. The Morgan fingerprint density at radius 3 is 2.37 bits per heavy atom. The lowest BCUT2D eigenvalue weighted by Crippen LogP contribution is -2.44. The van der Waals surface area contributed by atoms with Crippen molar-refractivity contribution < 1.29 is 27.4 Å². The van der Waals surface area contributed by atoms with E-state index in [0.717, 1.165) is 19.3 Å². The van der Waals surface area contributed by atoms with E-state index in [-0.39, 0.29) is 12.6 Å². The number of esters is 1. The van der Waals surface area contributed by atoms with Crippen LogP contribution in [0.2, 0.25) is 0 Å². The maximum absolute atomic E-state index is 13.5. The monoisotopic (exact) mass is 441 g/mol. The molecule has 1 aromatic rings. The zero-order valence-electron chi connectivity index (χ0n) is 19.0. The van der Waals surface area contributed by atoms with Crippen molar-refractivity contribution in [2.24, 2.45) is 0 Å². The van der Waals surface area contributed by atoms with Crippen LogP contribution in [0.4, 0.5) is 0 Å². The highest BCUT2D eigenvalue weighted by atomic mass is 32.2. The topological polar surface area (TPSA) is 82.1 Å². The minimum atomic E-state index is -3.64. The van der Waals surface area contributed by atoms with Crippen molar-refractivity contribution in [2.75, 3.05) is 26.9 Å². The van der Waals surface area contributed by atoms with E-state index >= 15 is 0 Å². The number of aryl methyl sites for hydroxylation is 2. The number of ether oxygens (including phenoxy) is 3. The number of methoxy groups -OCH3 is 1. The molecule has 0 radical (unpaired) electrons. The van der Waals surface area contributed by atoms with E-state index in [9.17, 15) is 13.2 Å². The Hall–Kier alpha value is -1.64. The fourth-order valence-electron chi connectivity index (χ4n) is 3.88. The number of hydrogen-bond acceptors (Lipinski definition) is 6. The van der Waals surface area contributed by atoms with E-state index in [2.05, 4.69) is 0 Å². The van der Waals surface area contributed by atoms with Crippen molar-refractivity contribution in [3.8, 4) is 5.75 Å². The van der Waals surface area contributed by atoms with Crippen LogP contribution in [0.15, 0.2) is 17.0 Å². The van der Waals surface area contributed by atoms with Crippen molar-refractivity contribution in [1.82, 2.24) is 4.31 Å². The summed E-state index contributed by atoms with van der Waals surface area (Å²) in [6.07, 6.45) is 3.13. The smallest absolute Gasteiger partial charge is 0.332 e. The number of piperidine rings is 1. The third kappa shape index (κ3) is 6.43. The Bertz CT molecular complexity index is 821. The van der Waals surface area contributed by atoms with Gasteiger partial charge in [-0.25, -0.2) is 13.2 Å². The van der Waals surface area contributed by atoms with E-state index in [1.165, 1.54) is 0 Å². The molecular formula is C22H35NO6S. The molecule has 0 spiro atoms. The molecular weight excluding hydrogens is 406 g/mol. The van der Waals surface area contributed by atoms with Crippen LogP contribution in [-0.4, -0.2) is 57.2 Å². The normalized spacial score (nSPS) is 18.3. The van der Waals surface area contributed by atoms with Crippen molar-refractivity contribution in [3.63, 3.8) is 0 Å². The van der Waals surface area contributed by atoms with E-state index in [1.54, 1.807) is 58.2 Å². The van der Waals surface area contributed by atoms with E-state index in [4.69, 9.17) is 14.2 Å². The molecule has 0 aliphatic carbocycles. The van der Waals surface area contributed by atoms with Gasteiger partial charge in [0.05, 0.1) is 12.0 Å². The molecule has 30 heavy (non-hydrogen) atoms. The first kappa shape index (κ1) is 24.6. The van der Waals surface area contributed by atoms with Gasteiger partial charge in [0.2, 0.25) is 10.0 Å². The summed E-state index contributed by atoms with van der Waals surface area (Å²) in [6, 6.07) is 3.36. The number of benzene rings is 1. The third-order valence-corrected chi connectivity index (χ3v) is 7.30. The molecule has 170 valence electrons. The average molecular weight is 442 g/mol. The van der Waals surface area contributed by atoms with E-state index in [1.807, 2.05) is 0 Å². The molecule has 1 aliphatic heterocycles. The minimum absolute atomic E-state index is 0.132. The third-order valence-electron chi connectivity index (χ3n) is 5.04. The van der Waals surface area contributed by atoms with Crippen LogP contribution < -0.4 is 4.74 Å². The molecule has 1 saturated heterocycles. The summed E-state index contributed by atoms with van der Waals surface area (Å²) >= 11 is 0. The maximum atomic E-state index is 13.5. The van der Waals surface area contributed by atoms with Crippen LogP contribution in [0.5, 0.6) is 5.75 Å². The van der Waals surface area contributed by atoms with Crippen molar-refractivity contribution in [2.45, 2.75) is 76.8 Å². The number of hydrogen-bond donors (Lipinski definition) is 0. The summed E-state index contributed by atoms with van der Waals surface area (Å²) < 4.78 is 44.6. The first-order chi connectivity index (χ1) is 14.0. The van der Waals surface area contributed by atoms with Crippen LogP contribution in [0, 0.1) is 13.8 Å². The Morgan fingerprint density at radius 2 is 1.80 bits per heavy atom. The van der Waals surface area contributed by atoms with E-state index in [0.29, 0.717) is 41.3 Å². The lowest BCUT2D eigenvalue weighted by Gasteiger charge is -2.35. The van der Waals surface area contributed by atoms with Gasteiger partial charge in [0.25, 0.3) is 0 Å². The molecule has 1 heterocycles. The number of carbonyl (C=O) groups excluding carboxylic acids is 1. The molecule has 1 atom stereocenters. The zero-order valence-corrected chi connectivity index (χ0v) is 19.8. The van der Waals surface area contributed by atoms with Crippen LogP contribution in [-0.2, 0) is 24.3 Å². The van der Waals surface area contributed by atoms with E-state index < -0.39 is 21.6 Å². The highest BCUT2D eigenvalue weighted by molar-refractivity contribution is 7.89. The minimum Gasteiger partial charge on any atom is -0.497 e. The molecule has 1 aliphatic rings. The van der Waals surface area contributed by atoms with Crippen LogP contribution in [0.25, 0.3) is 0 Å². The van der Waals surface area contributed by atoms with Gasteiger partial charge < -0.3 is 14.2 Å². The molecule has 0 bridgehead atoms. The Kier molecular flexibility index (Phi) is 8.30. The molecule has 0 N–H and O–H groups in total. The Labute approximate surface area is 180 Å². The second-order valence-corrected chi connectivity index (χ2v) is 10.6. The molecule has 1 fully saturated rings. The Balaban J connectivity index is 2.07. The predicted molar refractivity (Wildman–Crippen MR) is 115 cm³/mol. The molecule has 0 unspecified atom stereocenters. The Morgan fingerprint density at radius 1 is 1.17 bits per heavy atom. The first-order valence-electron chi connectivity index (χ1n) is 10.4. The van der Waals surface area contributed by atoms with Gasteiger partial charge >= 0.3 is 5.97 Å². The van der Waals surface area contributed by atoms with Gasteiger partial charge in [-0.05, 0) is 77.1 Å². The van der Waals surface area contributed by atoms with Gasteiger partial charge in [0.15, 0.2) is 0 Å². The standard InChI is InChI=1S/C22H35NO6S/c1-16-13-19(27-6)14-17(2)21(16)30(25,26)23-11-8-7-9-18(23)10-12-28-15-20(24)29-22(3,4)5/h13-14,18H,7-12,15H2,1-6H3/t18-/m0/s1. The first-order valence-corrected chi connectivity index (χ1v) is 11.9. The van der Waals surface area contributed by atoms with Crippen LogP contribution >= 0.6 is 0 Å². The van der Waals surface area contributed by atoms with Gasteiger partial charge in [-0.3, -0.25) is 0 Å². The lowest BCUT2D eigenvalue weighted by molar-refractivity contribution is -0.160. The van der Waals surface area contributed by atoms with Gasteiger partial charge in [0, 0.05) is 19.2 Å². The average Bonchev–Trinajstić information content (AvgIpc) is 2.63. The van der Waals surface area contributed by atoms with Crippen LogP contribution in [0.3, 0.4) is 0 Å². The maximum Gasteiger partial charge on any atom is 0.332 e. The highest BCUT2D eigenvalue weighted by Gasteiger charge is 2.35. The summed E-state index contributed by atoms with van der Waals surface area (Å²) in [5, 5.41) is 0. The molecule has 7 nitrogen and oxygen atoms in total. The largest absolute Gasteiger partial charge is 0.497 e. The molecule has 0 aromatic heterocycles. The second kappa shape index (κ2) is 10.1. The van der Waals surface area contributed by atoms with Gasteiger partial charge in [-0.2, -0.15) is 4.31 Å². The van der Waals surface area contributed by atoms with Crippen LogP contribution in [0.1, 0.15) is 57.6 Å². The number of sulfonamides is 1. The summed E-state index contributed by atoms with van der Waals surface area (Å²) in [7, 11) is -2.07. The molecule has 2 rings (SSSR count). The summed E-state index contributed by atoms with van der Waals surface area (Å²) in [4.78, 5) is 12.1. The molecule has 0 saturated carbocycles. The lowest BCUT2D eigenvalue weighted by atomic mass is 10.0. The summed E-state index contributed by atoms with van der Waals surface area (Å²) in [5.41, 5.74) is 0.803. The molecule has 1 aromatic carbocycles. The van der Waals surface area contributed by atoms with Gasteiger partial charge in [-0.1, -0.05) is 6.42 Å². The fourth-order valence-corrected chi connectivity index (χ4v) is 6.02. The quantitative estimate of drug-likeness (QED) is 0.453. The predicted octanol–water partition coefficient (Wildman–Crippen LogP) is 3.60. The zero-order chi connectivity index (χ0) is 22.5. The fraction of sp³-hybridized carbons (Fsp3) is 0.682.